The summed E-state index contributed by atoms with van der Waals surface area (Å²) in [5.74, 6) is 2.87. The van der Waals surface area contributed by atoms with Crippen molar-refractivity contribution in [1.29, 1.82) is 0 Å². The fourth-order valence-corrected chi connectivity index (χ4v) is 4.67. The molecule has 1 amide bonds. The highest BCUT2D eigenvalue weighted by Crippen LogP contribution is 2.25. The Kier molecular flexibility index (Phi) is 6.49. The van der Waals surface area contributed by atoms with Crippen LogP contribution in [0.1, 0.15) is 28.9 Å². The van der Waals surface area contributed by atoms with E-state index < -0.39 is 0 Å². The molecular weight excluding hydrogens is 370 g/mol. The van der Waals surface area contributed by atoms with Gasteiger partial charge < -0.3 is 9.64 Å². The predicted octanol–water partition coefficient (Wildman–Crippen LogP) is 3.31. The summed E-state index contributed by atoms with van der Waals surface area (Å²) in [5.41, 5.74) is 1.81. The van der Waals surface area contributed by atoms with E-state index in [-0.39, 0.29) is 12.0 Å². The highest BCUT2D eigenvalue weighted by atomic mass is 32.2. The lowest BCUT2D eigenvalue weighted by molar-refractivity contribution is 0.0745. The number of para-hydroxylation sites is 1. The van der Waals surface area contributed by atoms with Crippen molar-refractivity contribution in [3.8, 4) is 5.75 Å². The van der Waals surface area contributed by atoms with E-state index in [1.807, 2.05) is 59.3 Å². The molecule has 0 N–H and O–H groups in total. The molecule has 0 spiro atoms. The molecule has 2 aliphatic heterocycles. The lowest BCUT2D eigenvalue weighted by Gasteiger charge is -2.32. The molecule has 2 fully saturated rings. The van der Waals surface area contributed by atoms with Crippen molar-refractivity contribution in [2.24, 2.45) is 0 Å². The number of piperidine rings is 1. The van der Waals surface area contributed by atoms with Crippen LogP contribution in [0.3, 0.4) is 0 Å². The first kappa shape index (κ1) is 19.3. The molecule has 5 nitrogen and oxygen atoms in total. The maximum Gasteiger partial charge on any atom is 0.257 e. The molecule has 4 rings (SSSR count). The predicted molar refractivity (Wildman–Crippen MR) is 113 cm³/mol. The summed E-state index contributed by atoms with van der Waals surface area (Å²) in [6.45, 7) is 4.50. The summed E-state index contributed by atoms with van der Waals surface area (Å²) in [5, 5.41) is 0. The molecule has 0 bridgehead atoms. The quantitative estimate of drug-likeness (QED) is 0.775. The summed E-state index contributed by atoms with van der Waals surface area (Å²) >= 11 is 1.91. The zero-order valence-corrected chi connectivity index (χ0v) is 16.9. The number of likely N-dealkylation sites (tertiary alicyclic amines) is 1. The lowest BCUT2D eigenvalue weighted by Crippen LogP contribution is -2.39. The second-order valence-electron chi connectivity index (χ2n) is 7.32. The fraction of sp³-hybridized carbons (Fsp3) is 0.455. The van der Waals surface area contributed by atoms with Crippen LogP contribution < -0.4 is 4.74 Å². The van der Waals surface area contributed by atoms with Gasteiger partial charge in [0, 0.05) is 50.4 Å². The third-order valence-corrected chi connectivity index (χ3v) is 6.30. The topological polar surface area (TPSA) is 45.7 Å². The average Bonchev–Trinajstić information content (AvgIpc) is 2.76. The van der Waals surface area contributed by atoms with Gasteiger partial charge in [0.25, 0.3) is 5.91 Å². The van der Waals surface area contributed by atoms with Gasteiger partial charge >= 0.3 is 0 Å². The van der Waals surface area contributed by atoms with Gasteiger partial charge in [-0.3, -0.25) is 14.7 Å². The molecule has 2 aromatic rings. The Hall–Kier alpha value is -2.05. The first-order valence-electron chi connectivity index (χ1n) is 10.0. The fourth-order valence-electron chi connectivity index (χ4n) is 3.77. The lowest BCUT2D eigenvalue weighted by atomic mass is 10.1. The zero-order chi connectivity index (χ0) is 19.2. The van der Waals surface area contributed by atoms with Gasteiger partial charge in [-0.2, -0.15) is 11.8 Å². The van der Waals surface area contributed by atoms with Crippen molar-refractivity contribution in [3.63, 3.8) is 0 Å². The summed E-state index contributed by atoms with van der Waals surface area (Å²) in [7, 11) is 0. The number of nitrogens with zero attached hydrogens (tertiary/aromatic N) is 3. The second kappa shape index (κ2) is 9.43. The summed E-state index contributed by atoms with van der Waals surface area (Å²) in [6, 6.07) is 13.8. The number of aromatic nitrogens is 1. The Morgan fingerprint density at radius 1 is 1.04 bits per heavy atom. The Morgan fingerprint density at radius 3 is 2.54 bits per heavy atom. The van der Waals surface area contributed by atoms with E-state index >= 15 is 0 Å². The smallest absolute Gasteiger partial charge is 0.257 e. The summed E-state index contributed by atoms with van der Waals surface area (Å²) in [6.07, 6.45) is 3.94. The van der Waals surface area contributed by atoms with Gasteiger partial charge in [-0.15, -0.1) is 0 Å². The van der Waals surface area contributed by atoms with Crippen molar-refractivity contribution < 1.29 is 9.53 Å². The first-order valence-corrected chi connectivity index (χ1v) is 11.2. The van der Waals surface area contributed by atoms with E-state index in [0.29, 0.717) is 5.56 Å². The SMILES string of the molecule is O=C(c1ccccc1OC1CCN(Cc2ccccn2)CC1)N1CCSCC1. The molecule has 0 unspecified atom stereocenters. The molecule has 0 aliphatic carbocycles. The Balaban J connectivity index is 1.34. The number of rotatable bonds is 5. The highest BCUT2D eigenvalue weighted by molar-refractivity contribution is 7.99. The molecule has 0 radical (unpaired) electrons. The highest BCUT2D eigenvalue weighted by Gasteiger charge is 2.25. The van der Waals surface area contributed by atoms with Crippen molar-refractivity contribution in [1.82, 2.24) is 14.8 Å². The van der Waals surface area contributed by atoms with Crippen LogP contribution in [0.2, 0.25) is 0 Å². The molecule has 1 aromatic heterocycles. The molecule has 28 heavy (non-hydrogen) atoms. The number of hydrogen-bond acceptors (Lipinski definition) is 5. The van der Waals surface area contributed by atoms with E-state index in [1.165, 1.54) is 0 Å². The third kappa shape index (κ3) is 4.86. The zero-order valence-electron chi connectivity index (χ0n) is 16.1. The molecule has 0 saturated carbocycles. The van der Waals surface area contributed by atoms with E-state index in [9.17, 15) is 4.79 Å². The van der Waals surface area contributed by atoms with E-state index in [0.717, 1.165) is 68.5 Å². The van der Waals surface area contributed by atoms with Gasteiger partial charge in [0.05, 0.1) is 11.3 Å². The van der Waals surface area contributed by atoms with E-state index in [4.69, 9.17) is 4.74 Å². The number of ether oxygens (including phenoxy) is 1. The normalized spacial score (nSPS) is 18.8. The Bertz CT molecular complexity index is 772. The number of hydrogen-bond donors (Lipinski definition) is 0. The maximum absolute atomic E-state index is 12.9. The minimum absolute atomic E-state index is 0.100. The van der Waals surface area contributed by atoms with Crippen LogP contribution in [0.4, 0.5) is 0 Å². The number of carbonyl (C=O) groups excluding carboxylic acids is 1. The van der Waals surface area contributed by atoms with Gasteiger partial charge in [0.15, 0.2) is 0 Å². The van der Waals surface area contributed by atoms with Crippen LogP contribution in [0.5, 0.6) is 5.75 Å². The maximum atomic E-state index is 12.9. The van der Waals surface area contributed by atoms with Crippen LogP contribution in [0.25, 0.3) is 0 Å². The molecule has 148 valence electrons. The Morgan fingerprint density at radius 2 is 1.79 bits per heavy atom. The standard InChI is InChI=1S/C22H27N3O2S/c26-22(25-13-15-28-16-14-25)20-6-1-2-7-21(20)27-19-8-11-24(12-9-19)17-18-5-3-4-10-23-18/h1-7,10,19H,8-9,11-17H2. The van der Waals surface area contributed by atoms with Crippen LogP contribution in [0.15, 0.2) is 48.7 Å². The van der Waals surface area contributed by atoms with Gasteiger partial charge in [-0.05, 0) is 37.1 Å². The minimum Gasteiger partial charge on any atom is -0.489 e. The minimum atomic E-state index is 0.100. The van der Waals surface area contributed by atoms with Crippen molar-refractivity contribution >= 4 is 17.7 Å². The van der Waals surface area contributed by atoms with Crippen molar-refractivity contribution in [2.75, 3.05) is 37.7 Å². The summed E-state index contributed by atoms with van der Waals surface area (Å²) in [4.78, 5) is 21.7. The number of thioether (sulfide) groups is 1. The van der Waals surface area contributed by atoms with Crippen LogP contribution in [0, 0.1) is 0 Å². The van der Waals surface area contributed by atoms with Gasteiger partial charge in [0.1, 0.15) is 11.9 Å². The first-order chi connectivity index (χ1) is 13.8. The van der Waals surface area contributed by atoms with Gasteiger partial charge in [0.2, 0.25) is 0 Å². The van der Waals surface area contributed by atoms with E-state index in [2.05, 4.69) is 16.0 Å². The van der Waals surface area contributed by atoms with Crippen molar-refractivity contribution in [3.05, 3.63) is 59.9 Å². The number of amides is 1. The summed E-state index contributed by atoms with van der Waals surface area (Å²) < 4.78 is 6.30. The monoisotopic (exact) mass is 397 g/mol. The molecule has 6 heteroatoms. The van der Waals surface area contributed by atoms with Crippen LogP contribution in [-0.2, 0) is 6.54 Å². The number of pyridine rings is 1. The Labute approximate surface area is 171 Å². The largest absolute Gasteiger partial charge is 0.489 e. The number of carbonyl (C=O) groups is 1. The van der Waals surface area contributed by atoms with Gasteiger partial charge in [-0.25, -0.2) is 0 Å². The molecule has 2 saturated heterocycles. The number of benzene rings is 1. The van der Waals surface area contributed by atoms with E-state index in [1.54, 1.807) is 0 Å². The van der Waals surface area contributed by atoms with Crippen molar-refractivity contribution in [2.45, 2.75) is 25.5 Å². The van der Waals surface area contributed by atoms with Gasteiger partial charge in [-0.1, -0.05) is 18.2 Å². The molecule has 0 atom stereocenters. The second-order valence-corrected chi connectivity index (χ2v) is 8.54. The third-order valence-electron chi connectivity index (χ3n) is 5.36. The van der Waals surface area contributed by atoms with Crippen LogP contribution >= 0.6 is 11.8 Å². The molecular formula is C22H27N3O2S. The molecule has 1 aromatic carbocycles. The van der Waals surface area contributed by atoms with Crippen LogP contribution in [-0.4, -0.2) is 64.5 Å². The average molecular weight is 398 g/mol. The molecule has 3 heterocycles. The molecule has 2 aliphatic rings.